The van der Waals surface area contributed by atoms with Crippen molar-refractivity contribution in [2.75, 3.05) is 20.3 Å². The Kier molecular flexibility index (Phi) is 6.78. The number of benzene rings is 1. The summed E-state index contributed by atoms with van der Waals surface area (Å²) in [5, 5.41) is 5.85. The Morgan fingerprint density at radius 1 is 1.35 bits per heavy atom. The molecule has 1 rings (SSSR count). The van der Waals surface area contributed by atoms with E-state index in [0.29, 0.717) is 11.6 Å². The predicted molar refractivity (Wildman–Crippen MR) is 78.3 cm³/mol. The molecule has 1 aromatic carbocycles. The first-order valence-electron chi connectivity index (χ1n) is 5.95. The van der Waals surface area contributed by atoms with Gasteiger partial charge in [-0.3, -0.25) is 9.59 Å². The quantitative estimate of drug-likeness (QED) is 0.841. The molecule has 0 saturated carbocycles. The minimum atomic E-state index is -0.429. The highest BCUT2D eigenvalue weighted by Crippen LogP contribution is 2.20. The lowest BCUT2D eigenvalue weighted by molar-refractivity contribution is -0.121. The number of nitrogens with one attached hydrogen (secondary N) is 2. The molecule has 2 N–H and O–H groups in total. The SMILES string of the molecule is COCC(C)NC(=O)CNC(=O)c1ccc(Cl)cc1Cl. The highest BCUT2D eigenvalue weighted by molar-refractivity contribution is 6.36. The topological polar surface area (TPSA) is 67.4 Å². The van der Waals surface area contributed by atoms with Crippen molar-refractivity contribution >= 4 is 35.0 Å². The number of halogens is 2. The molecule has 0 aliphatic heterocycles. The summed E-state index contributed by atoms with van der Waals surface area (Å²) in [4.78, 5) is 23.4. The zero-order chi connectivity index (χ0) is 15.1. The molecule has 0 fully saturated rings. The van der Waals surface area contributed by atoms with Crippen LogP contribution in [0.2, 0.25) is 10.0 Å². The number of carbonyl (C=O) groups is 2. The number of hydrogen-bond donors (Lipinski definition) is 2. The third-order valence-electron chi connectivity index (χ3n) is 2.41. The lowest BCUT2D eigenvalue weighted by atomic mass is 10.2. The molecule has 0 aliphatic carbocycles. The van der Waals surface area contributed by atoms with Gasteiger partial charge in [-0.25, -0.2) is 0 Å². The van der Waals surface area contributed by atoms with Crippen LogP contribution in [0.1, 0.15) is 17.3 Å². The smallest absolute Gasteiger partial charge is 0.253 e. The Bertz CT molecular complexity index is 495. The summed E-state index contributed by atoms with van der Waals surface area (Å²) in [6, 6.07) is 4.41. The third-order valence-corrected chi connectivity index (χ3v) is 2.96. The molecule has 0 radical (unpaired) electrons. The summed E-state index contributed by atoms with van der Waals surface area (Å²) < 4.78 is 4.89. The van der Waals surface area contributed by atoms with E-state index in [1.807, 2.05) is 0 Å². The number of rotatable bonds is 6. The van der Waals surface area contributed by atoms with Gasteiger partial charge in [0.25, 0.3) is 5.91 Å². The van der Waals surface area contributed by atoms with E-state index in [9.17, 15) is 9.59 Å². The van der Waals surface area contributed by atoms with E-state index in [1.54, 1.807) is 20.1 Å². The van der Waals surface area contributed by atoms with Crippen molar-refractivity contribution in [2.45, 2.75) is 13.0 Å². The number of methoxy groups -OCH3 is 1. The normalized spacial score (nSPS) is 11.8. The van der Waals surface area contributed by atoms with E-state index in [-0.39, 0.29) is 29.1 Å². The fourth-order valence-electron chi connectivity index (χ4n) is 1.55. The minimum Gasteiger partial charge on any atom is -0.383 e. The van der Waals surface area contributed by atoms with Crippen LogP contribution in [0.15, 0.2) is 18.2 Å². The number of amides is 2. The van der Waals surface area contributed by atoms with E-state index >= 15 is 0 Å². The fraction of sp³-hybridized carbons (Fsp3) is 0.385. The first-order chi connectivity index (χ1) is 9.43. The van der Waals surface area contributed by atoms with Crippen molar-refractivity contribution in [1.29, 1.82) is 0 Å². The highest BCUT2D eigenvalue weighted by Gasteiger charge is 2.13. The lowest BCUT2D eigenvalue weighted by Gasteiger charge is -2.13. The molecule has 1 unspecified atom stereocenters. The van der Waals surface area contributed by atoms with Gasteiger partial charge in [-0.05, 0) is 25.1 Å². The summed E-state index contributed by atoms with van der Waals surface area (Å²) >= 11 is 11.6. The molecule has 0 spiro atoms. The minimum absolute atomic E-state index is 0.122. The maximum Gasteiger partial charge on any atom is 0.253 e. The summed E-state index contributed by atoms with van der Waals surface area (Å²) in [7, 11) is 1.55. The average molecular weight is 319 g/mol. The van der Waals surface area contributed by atoms with E-state index < -0.39 is 5.91 Å². The largest absolute Gasteiger partial charge is 0.383 e. The summed E-state index contributed by atoms with van der Waals surface area (Å²) in [5.41, 5.74) is 0.272. The van der Waals surface area contributed by atoms with Gasteiger partial charge in [-0.1, -0.05) is 23.2 Å². The van der Waals surface area contributed by atoms with Gasteiger partial charge in [0, 0.05) is 18.2 Å². The molecule has 1 aromatic rings. The summed E-state index contributed by atoms with van der Waals surface area (Å²) in [5.74, 6) is -0.728. The molecular formula is C13H16Cl2N2O3. The van der Waals surface area contributed by atoms with Crippen molar-refractivity contribution in [3.8, 4) is 0 Å². The van der Waals surface area contributed by atoms with Gasteiger partial charge in [0.15, 0.2) is 0 Å². The molecule has 7 heteroatoms. The van der Waals surface area contributed by atoms with Crippen LogP contribution in [0.25, 0.3) is 0 Å². The van der Waals surface area contributed by atoms with E-state index in [0.717, 1.165) is 0 Å². The van der Waals surface area contributed by atoms with Gasteiger partial charge < -0.3 is 15.4 Å². The second-order valence-electron chi connectivity index (χ2n) is 4.23. The second-order valence-corrected chi connectivity index (χ2v) is 5.07. The summed E-state index contributed by atoms with van der Waals surface area (Å²) in [6.07, 6.45) is 0. The monoisotopic (exact) mass is 318 g/mol. The Morgan fingerprint density at radius 2 is 2.05 bits per heavy atom. The Labute approximate surface area is 127 Å². The number of carbonyl (C=O) groups excluding carboxylic acids is 2. The number of ether oxygens (including phenoxy) is 1. The van der Waals surface area contributed by atoms with Crippen LogP contribution in [0.4, 0.5) is 0 Å². The standard InChI is InChI=1S/C13H16Cl2N2O3/c1-8(7-20-2)17-12(18)6-16-13(19)10-4-3-9(14)5-11(10)15/h3-5,8H,6-7H2,1-2H3,(H,16,19)(H,17,18). The molecule has 0 aromatic heterocycles. The van der Waals surface area contributed by atoms with E-state index in [1.165, 1.54) is 12.1 Å². The first-order valence-corrected chi connectivity index (χ1v) is 6.71. The van der Waals surface area contributed by atoms with Crippen LogP contribution in [-0.2, 0) is 9.53 Å². The van der Waals surface area contributed by atoms with Crippen LogP contribution in [0.5, 0.6) is 0 Å². The third kappa shape index (κ3) is 5.36. The number of hydrogen-bond acceptors (Lipinski definition) is 3. The van der Waals surface area contributed by atoms with Gasteiger partial charge in [0.1, 0.15) is 0 Å². The maximum atomic E-state index is 11.8. The molecule has 0 heterocycles. The van der Waals surface area contributed by atoms with Gasteiger partial charge >= 0.3 is 0 Å². The molecule has 110 valence electrons. The highest BCUT2D eigenvalue weighted by atomic mass is 35.5. The molecule has 20 heavy (non-hydrogen) atoms. The zero-order valence-electron chi connectivity index (χ0n) is 11.2. The van der Waals surface area contributed by atoms with Crippen molar-refractivity contribution in [2.24, 2.45) is 0 Å². The summed E-state index contributed by atoms with van der Waals surface area (Å²) in [6.45, 7) is 2.08. The van der Waals surface area contributed by atoms with Crippen molar-refractivity contribution in [3.63, 3.8) is 0 Å². The molecule has 2 amide bonds. The predicted octanol–water partition coefficient (Wildman–Crippen LogP) is 1.87. The van der Waals surface area contributed by atoms with Crippen LogP contribution < -0.4 is 10.6 Å². The van der Waals surface area contributed by atoms with Crippen LogP contribution in [-0.4, -0.2) is 38.1 Å². The fourth-order valence-corrected chi connectivity index (χ4v) is 2.04. The van der Waals surface area contributed by atoms with Crippen LogP contribution >= 0.6 is 23.2 Å². The zero-order valence-corrected chi connectivity index (χ0v) is 12.7. The van der Waals surface area contributed by atoms with Crippen LogP contribution in [0, 0.1) is 0 Å². The maximum absolute atomic E-state index is 11.8. The molecule has 0 saturated heterocycles. The van der Waals surface area contributed by atoms with Gasteiger partial charge in [0.05, 0.1) is 23.7 Å². The molecule has 5 nitrogen and oxygen atoms in total. The molecule has 0 aliphatic rings. The van der Waals surface area contributed by atoms with E-state index in [2.05, 4.69) is 10.6 Å². The van der Waals surface area contributed by atoms with Gasteiger partial charge in [-0.15, -0.1) is 0 Å². The Morgan fingerprint density at radius 3 is 2.65 bits per heavy atom. The van der Waals surface area contributed by atoms with Crippen molar-refractivity contribution in [3.05, 3.63) is 33.8 Å². The Hall–Kier alpha value is -1.30. The van der Waals surface area contributed by atoms with Crippen molar-refractivity contribution in [1.82, 2.24) is 10.6 Å². The molecule has 0 bridgehead atoms. The van der Waals surface area contributed by atoms with Gasteiger partial charge in [0.2, 0.25) is 5.91 Å². The second kappa shape index (κ2) is 8.09. The lowest BCUT2D eigenvalue weighted by Crippen LogP contribution is -2.42. The van der Waals surface area contributed by atoms with E-state index in [4.69, 9.17) is 27.9 Å². The first kappa shape index (κ1) is 16.8. The average Bonchev–Trinajstić information content (AvgIpc) is 2.36. The van der Waals surface area contributed by atoms with Gasteiger partial charge in [-0.2, -0.15) is 0 Å². The van der Waals surface area contributed by atoms with Crippen molar-refractivity contribution < 1.29 is 14.3 Å². The van der Waals surface area contributed by atoms with Crippen LogP contribution in [0.3, 0.4) is 0 Å². The Balaban J connectivity index is 2.49. The molecular weight excluding hydrogens is 303 g/mol. The molecule has 1 atom stereocenters.